The highest BCUT2D eigenvalue weighted by atomic mass is 32.1. The van der Waals surface area contributed by atoms with Crippen LogP contribution in [-0.4, -0.2) is 21.9 Å². The molecule has 1 nitrogen and oxygen atoms in total. The number of rotatable bonds is 0. The molecule has 0 aliphatic carbocycles. The van der Waals surface area contributed by atoms with Gasteiger partial charge < -0.3 is 4.90 Å². The normalized spacial score (nSPS) is 20.4. The summed E-state index contributed by atoms with van der Waals surface area (Å²) in [4.78, 5) is 3.87. The van der Waals surface area contributed by atoms with Crippen LogP contribution in [0.4, 0.5) is 0 Å². The van der Waals surface area contributed by atoms with E-state index in [4.69, 9.17) is 24.4 Å². The van der Waals surface area contributed by atoms with Crippen molar-refractivity contribution in [3.63, 3.8) is 0 Å². The van der Waals surface area contributed by atoms with Gasteiger partial charge >= 0.3 is 0 Å². The Morgan fingerprint density at radius 2 is 1.62 bits per heavy atom. The van der Waals surface area contributed by atoms with Gasteiger partial charge in [0.15, 0.2) is 0 Å². The molecular formula is C5H7NS2. The molecule has 0 aromatic heterocycles. The van der Waals surface area contributed by atoms with Gasteiger partial charge in [-0.25, -0.2) is 0 Å². The van der Waals surface area contributed by atoms with Gasteiger partial charge in [-0.2, -0.15) is 0 Å². The van der Waals surface area contributed by atoms with Crippen molar-refractivity contribution in [2.75, 3.05) is 7.05 Å². The van der Waals surface area contributed by atoms with Crippen LogP contribution in [0.3, 0.4) is 0 Å². The summed E-state index contributed by atoms with van der Waals surface area (Å²) in [5.74, 6) is 0. The van der Waals surface area contributed by atoms with Gasteiger partial charge in [0.05, 0.1) is 9.98 Å². The molecule has 0 atom stereocenters. The van der Waals surface area contributed by atoms with Crippen LogP contribution in [-0.2, 0) is 0 Å². The van der Waals surface area contributed by atoms with Crippen molar-refractivity contribution in [2.24, 2.45) is 0 Å². The van der Waals surface area contributed by atoms with E-state index >= 15 is 0 Å². The van der Waals surface area contributed by atoms with Crippen LogP contribution in [0.25, 0.3) is 0 Å². The fourth-order valence-electron chi connectivity index (χ4n) is 0.688. The molecule has 1 aliphatic heterocycles. The molecule has 0 spiro atoms. The van der Waals surface area contributed by atoms with E-state index in [2.05, 4.69) is 0 Å². The highest BCUT2D eigenvalue weighted by Crippen LogP contribution is 2.11. The lowest BCUT2D eigenvalue weighted by atomic mass is 10.4. The van der Waals surface area contributed by atoms with Crippen molar-refractivity contribution in [3.8, 4) is 0 Å². The van der Waals surface area contributed by atoms with Crippen LogP contribution < -0.4 is 0 Å². The van der Waals surface area contributed by atoms with Gasteiger partial charge in [-0.3, -0.25) is 0 Å². The van der Waals surface area contributed by atoms with E-state index in [1.807, 2.05) is 11.9 Å². The average molecular weight is 145 g/mol. The first-order valence-corrected chi connectivity index (χ1v) is 3.33. The first-order chi connectivity index (χ1) is 3.72. The number of nitrogens with zero attached hydrogens (tertiary/aromatic N) is 1. The largest absolute Gasteiger partial charge is 0.334 e. The van der Waals surface area contributed by atoms with Gasteiger partial charge in [0.1, 0.15) is 0 Å². The summed E-state index contributed by atoms with van der Waals surface area (Å²) in [7, 11) is 1.93. The van der Waals surface area contributed by atoms with Gasteiger partial charge in [-0.05, 0) is 0 Å². The van der Waals surface area contributed by atoms with Crippen LogP contribution in [0.2, 0.25) is 0 Å². The minimum atomic E-state index is 0.977. The van der Waals surface area contributed by atoms with E-state index < -0.39 is 0 Å². The molecule has 0 aromatic rings. The van der Waals surface area contributed by atoms with Crippen molar-refractivity contribution < 1.29 is 0 Å². The number of likely N-dealkylation sites (tertiary alicyclic amines) is 1. The molecule has 1 saturated heterocycles. The molecular weight excluding hydrogens is 138 g/mol. The summed E-state index contributed by atoms with van der Waals surface area (Å²) in [6, 6.07) is 0. The lowest BCUT2D eigenvalue weighted by Gasteiger charge is -2.07. The second-order valence-electron chi connectivity index (χ2n) is 1.85. The molecule has 1 aliphatic rings. The molecule has 8 heavy (non-hydrogen) atoms. The standard InChI is InChI=1S/C5H7NS2/c1-6-4(7)2-3-5(6)8/h2-3H2,1H3. The van der Waals surface area contributed by atoms with Crippen molar-refractivity contribution in [2.45, 2.75) is 12.8 Å². The maximum Gasteiger partial charge on any atom is 0.0829 e. The van der Waals surface area contributed by atoms with Crippen LogP contribution >= 0.6 is 24.4 Å². The summed E-state index contributed by atoms with van der Waals surface area (Å²) in [6.45, 7) is 0. The maximum absolute atomic E-state index is 4.96. The van der Waals surface area contributed by atoms with E-state index in [9.17, 15) is 0 Å². The summed E-state index contributed by atoms with van der Waals surface area (Å²) in [5.41, 5.74) is 0. The lowest BCUT2D eigenvalue weighted by molar-refractivity contribution is 0.797. The van der Waals surface area contributed by atoms with Gasteiger partial charge in [0.2, 0.25) is 0 Å². The molecule has 1 fully saturated rings. The van der Waals surface area contributed by atoms with Crippen molar-refractivity contribution in [1.29, 1.82) is 0 Å². The Labute approximate surface area is 59.7 Å². The smallest absolute Gasteiger partial charge is 0.0829 e. The number of hydrogen-bond acceptors (Lipinski definition) is 2. The summed E-state index contributed by atoms with van der Waals surface area (Å²) < 4.78 is 0. The molecule has 0 unspecified atom stereocenters. The fraction of sp³-hybridized carbons (Fsp3) is 0.600. The molecule has 44 valence electrons. The molecule has 0 amide bonds. The Bertz CT molecular complexity index is 125. The van der Waals surface area contributed by atoms with Crippen LogP contribution in [0.5, 0.6) is 0 Å². The van der Waals surface area contributed by atoms with Crippen LogP contribution in [0, 0.1) is 0 Å². The Kier molecular flexibility index (Phi) is 1.58. The van der Waals surface area contributed by atoms with E-state index in [0.717, 1.165) is 22.8 Å². The first-order valence-electron chi connectivity index (χ1n) is 2.51. The lowest BCUT2D eigenvalue weighted by Crippen LogP contribution is -2.20. The monoisotopic (exact) mass is 145 g/mol. The molecule has 0 aromatic carbocycles. The molecule has 0 N–H and O–H groups in total. The predicted octanol–water partition coefficient (Wildman–Crippen LogP) is 1.37. The minimum Gasteiger partial charge on any atom is -0.334 e. The third kappa shape index (κ3) is 0.880. The first kappa shape index (κ1) is 6.11. The minimum absolute atomic E-state index is 0.977. The highest BCUT2D eigenvalue weighted by Gasteiger charge is 2.16. The summed E-state index contributed by atoms with van der Waals surface area (Å²) in [6.07, 6.45) is 1.95. The van der Waals surface area contributed by atoms with Gasteiger partial charge in [-0.1, -0.05) is 24.4 Å². The van der Waals surface area contributed by atoms with E-state index in [0.29, 0.717) is 0 Å². The molecule has 3 heteroatoms. The van der Waals surface area contributed by atoms with Crippen molar-refractivity contribution in [3.05, 3.63) is 0 Å². The van der Waals surface area contributed by atoms with Gasteiger partial charge in [0, 0.05) is 19.9 Å². The van der Waals surface area contributed by atoms with Crippen molar-refractivity contribution >= 4 is 34.4 Å². The second-order valence-corrected chi connectivity index (χ2v) is 2.79. The Balaban J connectivity index is 2.70. The maximum atomic E-state index is 4.96. The zero-order chi connectivity index (χ0) is 6.15. The quantitative estimate of drug-likeness (QED) is 0.474. The third-order valence-electron chi connectivity index (χ3n) is 1.30. The summed E-state index contributed by atoms with van der Waals surface area (Å²) >= 11 is 9.91. The molecule has 1 heterocycles. The zero-order valence-corrected chi connectivity index (χ0v) is 6.31. The van der Waals surface area contributed by atoms with Crippen LogP contribution in [0.15, 0.2) is 0 Å². The van der Waals surface area contributed by atoms with Crippen LogP contribution in [0.1, 0.15) is 12.8 Å². The van der Waals surface area contributed by atoms with E-state index in [1.54, 1.807) is 0 Å². The van der Waals surface area contributed by atoms with Gasteiger partial charge in [-0.15, -0.1) is 0 Å². The Hall–Kier alpha value is -0.0200. The molecule has 0 saturated carbocycles. The van der Waals surface area contributed by atoms with E-state index in [-0.39, 0.29) is 0 Å². The van der Waals surface area contributed by atoms with Crippen molar-refractivity contribution in [1.82, 2.24) is 4.90 Å². The number of thiocarbonyl (C=S) groups is 2. The fourth-order valence-corrected chi connectivity index (χ4v) is 1.17. The molecule has 1 rings (SSSR count). The topological polar surface area (TPSA) is 3.24 Å². The second kappa shape index (κ2) is 2.07. The highest BCUT2D eigenvalue weighted by molar-refractivity contribution is 7.82. The zero-order valence-electron chi connectivity index (χ0n) is 4.68. The third-order valence-corrected chi connectivity index (χ3v) is 2.26. The Morgan fingerprint density at radius 1 is 1.25 bits per heavy atom. The summed E-state index contributed by atoms with van der Waals surface area (Å²) in [5, 5.41) is 0. The predicted molar refractivity (Wildman–Crippen MR) is 42.2 cm³/mol. The Morgan fingerprint density at radius 3 is 1.75 bits per heavy atom. The van der Waals surface area contributed by atoms with Gasteiger partial charge in [0.25, 0.3) is 0 Å². The molecule has 0 bridgehead atoms. The van der Waals surface area contributed by atoms with E-state index in [1.165, 1.54) is 0 Å². The average Bonchev–Trinajstić information content (AvgIpc) is 1.98. The molecule has 0 radical (unpaired) electrons. The number of hydrogen-bond donors (Lipinski definition) is 0. The SMILES string of the molecule is CN1C(=S)CCC1=S.